The van der Waals surface area contributed by atoms with Gasteiger partial charge in [0.25, 0.3) is 0 Å². The average molecular weight is 394 g/mol. The van der Waals surface area contributed by atoms with Crippen molar-refractivity contribution in [3.63, 3.8) is 0 Å². The molecule has 0 atom stereocenters. The maximum absolute atomic E-state index is 12.4. The summed E-state index contributed by atoms with van der Waals surface area (Å²) in [6.45, 7) is 3.84. The molecule has 0 bridgehead atoms. The molecule has 5 nitrogen and oxygen atoms in total. The first-order valence-electron chi connectivity index (χ1n) is 8.41. The van der Waals surface area contributed by atoms with E-state index in [1.54, 1.807) is 30.2 Å². The molecule has 0 aliphatic carbocycles. The van der Waals surface area contributed by atoms with Crippen molar-refractivity contribution in [3.8, 4) is 5.75 Å². The third-order valence-electron chi connectivity index (χ3n) is 4.39. The van der Waals surface area contributed by atoms with Crippen molar-refractivity contribution in [3.05, 3.63) is 58.1 Å². The zero-order valence-corrected chi connectivity index (χ0v) is 16.1. The summed E-state index contributed by atoms with van der Waals surface area (Å²) in [7, 11) is 1.66. The average Bonchev–Trinajstić information content (AvgIpc) is 2.66. The summed E-state index contributed by atoms with van der Waals surface area (Å²) in [5, 5.41) is 3.85. The molecule has 0 unspecified atom stereocenters. The van der Waals surface area contributed by atoms with Gasteiger partial charge < -0.3 is 15.0 Å². The predicted molar refractivity (Wildman–Crippen MR) is 105 cm³/mol. The zero-order valence-electron chi connectivity index (χ0n) is 14.5. The molecule has 7 heteroatoms. The minimum atomic E-state index is -0.154. The Morgan fingerprint density at radius 2 is 1.77 bits per heavy atom. The minimum absolute atomic E-state index is 0.154. The van der Waals surface area contributed by atoms with Gasteiger partial charge in [0, 0.05) is 37.7 Å². The summed E-state index contributed by atoms with van der Waals surface area (Å²) in [5.74, 6) is 0.856. The fourth-order valence-corrected chi connectivity index (χ4v) is 3.22. The van der Waals surface area contributed by atoms with Gasteiger partial charge in [-0.3, -0.25) is 4.90 Å². The summed E-state index contributed by atoms with van der Waals surface area (Å²) >= 11 is 12.1. The maximum Gasteiger partial charge on any atom is 0.321 e. The summed E-state index contributed by atoms with van der Waals surface area (Å²) in [4.78, 5) is 16.6. The molecule has 1 N–H and O–H groups in total. The molecule has 0 spiro atoms. The first kappa shape index (κ1) is 18.8. The minimum Gasteiger partial charge on any atom is -0.497 e. The van der Waals surface area contributed by atoms with Gasteiger partial charge in [0.05, 0.1) is 17.8 Å². The second kappa shape index (κ2) is 8.62. The molecular formula is C19H21Cl2N3O2. The highest BCUT2D eigenvalue weighted by molar-refractivity contribution is 6.35. The third kappa shape index (κ3) is 4.81. The quantitative estimate of drug-likeness (QED) is 0.839. The van der Waals surface area contributed by atoms with Gasteiger partial charge in [-0.15, -0.1) is 0 Å². The van der Waals surface area contributed by atoms with Crippen LogP contribution in [0.3, 0.4) is 0 Å². The van der Waals surface area contributed by atoms with Crippen LogP contribution in [0.5, 0.6) is 5.75 Å². The number of carbonyl (C=O) groups excluding carboxylic acids is 1. The summed E-state index contributed by atoms with van der Waals surface area (Å²) in [5.41, 5.74) is 1.76. The first-order valence-corrected chi connectivity index (χ1v) is 9.17. The number of benzene rings is 2. The molecule has 2 aromatic rings. The third-order valence-corrected chi connectivity index (χ3v) is 4.96. The molecule has 1 aliphatic heterocycles. The van der Waals surface area contributed by atoms with E-state index in [1.807, 2.05) is 12.1 Å². The first-order chi connectivity index (χ1) is 12.5. The Bertz CT molecular complexity index is 760. The van der Waals surface area contributed by atoms with Gasteiger partial charge in [-0.05, 0) is 35.9 Å². The van der Waals surface area contributed by atoms with Gasteiger partial charge >= 0.3 is 6.03 Å². The Hall–Kier alpha value is -1.95. The number of urea groups is 1. The molecule has 26 heavy (non-hydrogen) atoms. The predicted octanol–water partition coefficient (Wildman–Crippen LogP) is 4.35. The molecular weight excluding hydrogens is 373 g/mol. The van der Waals surface area contributed by atoms with Gasteiger partial charge in [0.2, 0.25) is 0 Å². The number of carbonyl (C=O) groups is 1. The van der Waals surface area contributed by atoms with Crippen molar-refractivity contribution >= 4 is 34.9 Å². The smallest absolute Gasteiger partial charge is 0.321 e. The number of hydrogen-bond acceptors (Lipinski definition) is 3. The number of nitrogens with one attached hydrogen (secondary N) is 1. The number of piperazine rings is 1. The van der Waals surface area contributed by atoms with Gasteiger partial charge in [0.1, 0.15) is 5.75 Å². The Morgan fingerprint density at radius 1 is 1.08 bits per heavy atom. The molecule has 3 rings (SSSR count). The Balaban J connectivity index is 1.51. The van der Waals surface area contributed by atoms with Crippen LogP contribution in [0.1, 0.15) is 5.56 Å². The van der Waals surface area contributed by atoms with Crippen molar-refractivity contribution in [2.75, 3.05) is 38.6 Å². The summed E-state index contributed by atoms with van der Waals surface area (Å²) in [6, 6.07) is 12.9. The molecule has 0 radical (unpaired) electrons. The lowest BCUT2D eigenvalue weighted by atomic mass is 10.2. The fourth-order valence-electron chi connectivity index (χ4n) is 2.89. The van der Waals surface area contributed by atoms with Crippen LogP contribution in [-0.4, -0.2) is 49.1 Å². The van der Waals surface area contributed by atoms with E-state index < -0.39 is 0 Å². The number of nitrogens with zero attached hydrogens (tertiary/aromatic N) is 2. The van der Waals surface area contributed by atoms with E-state index in [2.05, 4.69) is 22.3 Å². The number of ether oxygens (including phenoxy) is 1. The van der Waals surface area contributed by atoms with Crippen molar-refractivity contribution in [1.82, 2.24) is 9.80 Å². The number of halogens is 2. The number of amides is 2. The lowest BCUT2D eigenvalue weighted by Gasteiger charge is -2.34. The molecule has 1 aliphatic rings. The van der Waals surface area contributed by atoms with Crippen LogP contribution in [0.4, 0.5) is 10.5 Å². The van der Waals surface area contributed by atoms with E-state index in [9.17, 15) is 4.79 Å². The van der Waals surface area contributed by atoms with E-state index in [-0.39, 0.29) is 6.03 Å². The second-order valence-corrected chi connectivity index (χ2v) is 7.01. The largest absolute Gasteiger partial charge is 0.497 e. The van der Waals surface area contributed by atoms with Crippen LogP contribution >= 0.6 is 23.2 Å². The van der Waals surface area contributed by atoms with Crippen LogP contribution in [0.2, 0.25) is 10.0 Å². The molecule has 1 saturated heterocycles. The maximum atomic E-state index is 12.4. The normalized spacial score (nSPS) is 15.0. The molecule has 2 aromatic carbocycles. The van der Waals surface area contributed by atoms with Crippen molar-refractivity contribution in [1.29, 1.82) is 0 Å². The number of rotatable bonds is 4. The number of anilines is 1. The standard InChI is InChI=1S/C19H21Cl2N3O2/c1-26-16-5-2-14(3-6-16)13-23-8-10-24(11-9-23)19(25)22-18-12-15(20)4-7-17(18)21/h2-7,12H,8-11,13H2,1H3,(H,22,25). The molecule has 1 heterocycles. The topological polar surface area (TPSA) is 44.8 Å². The van der Waals surface area contributed by atoms with E-state index >= 15 is 0 Å². The molecule has 138 valence electrons. The van der Waals surface area contributed by atoms with E-state index in [0.717, 1.165) is 25.4 Å². The highest BCUT2D eigenvalue weighted by atomic mass is 35.5. The highest BCUT2D eigenvalue weighted by Crippen LogP contribution is 2.25. The van der Waals surface area contributed by atoms with E-state index in [4.69, 9.17) is 27.9 Å². The van der Waals surface area contributed by atoms with Crippen LogP contribution < -0.4 is 10.1 Å². The monoisotopic (exact) mass is 393 g/mol. The molecule has 0 saturated carbocycles. The van der Waals surface area contributed by atoms with Crippen LogP contribution in [0.25, 0.3) is 0 Å². The fraction of sp³-hybridized carbons (Fsp3) is 0.316. The second-order valence-electron chi connectivity index (χ2n) is 6.17. The van der Waals surface area contributed by atoms with E-state index in [0.29, 0.717) is 28.8 Å². The molecule has 0 aromatic heterocycles. The lowest BCUT2D eigenvalue weighted by Crippen LogP contribution is -2.49. The summed E-state index contributed by atoms with van der Waals surface area (Å²) in [6.07, 6.45) is 0. The van der Waals surface area contributed by atoms with Gasteiger partial charge in [-0.25, -0.2) is 4.79 Å². The number of methoxy groups -OCH3 is 1. The van der Waals surface area contributed by atoms with E-state index in [1.165, 1.54) is 5.56 Å². The lowest BCUT2D eigenvalue weighted by molar-refractivity contribution is 0.143. The zero-order chi connectivity index (χ0) is 18.5. The van der Waals surface area contributed by atoms with Crippen molar-refractivity contribution in [2.45, 2.75) is 6.54 Å². The highest BCUT2D eigenvalue weighted by Gasteiger charge is 2.21. The van der Waals surface area contributed by atoms with Gasteiger partial charge in [-0.1, -0.05) is 35.3 Å². The van der Waals surface area contributed by atoms with Crippen LogP contribution in [-0.2, 0) is 6.54 Å². The van der Waals surface area contributed by atoms with Crippen molar-refractivity contribution in [2.24, 2.45) is 0 Å². The van der Waals surface area contributed by atoms with Gasteiger partial charge in [0.15, 0.2) is 0 Å². The Labute approximate surface area is 163 Å². The van der Waals surface area contributed by atoms with Crippen LogP contribution in [0.15, 0.2) is 42.5 Å². The van der Waals surface area contributed by atoms with Crippen molar-refractivity contribution < 1.29 is 9.53 Å². The van der Waals surface area contributed by atoms with Crippen LogP contribution in [0, 0.1) is 0 Å². The SMILES string of the molecule is COc1ccc(CN2CCN(C(=O)Nc3cc(Cl)ccc3Cl)CC2)cc1. The Morgan fingerprint density at radius 3 is 2.42 bits per heavy atom. The Kier molecular flexibility index (Phi) is 6.25. The molecule has 1 fully saturated rings. The van der Waals surface area contributed by atoms with Gasteiger partial charge in [-0.2, -0.15) is 0 Å². The molecule has 2 amide bonds. The summed E-state index contributed by atoms with van der Waals surface area (Å²) < 4.78 is 5.18. The number of hydrogen-bond donors (Lipinski definition) is 1.